The lowest BCUT2D eigenvalue weighted by Gasteiger charge is -2.37. The third-order valence-corrected chi connectivity index (χ3v) is 5.15. The predicted octanol–water partition coefficient (Wildman–Crippen LogP) is 2.75. The molecule has 3 rings (SSSR count). The maximum absolute atomic E-state index is 2.71. The topological polar surface area (TPSA) is 6.48 Å². The van der Waals surface area contributed by atoms with Crippen molar-refractivity contribution < 1.29 is 0 Å². The molecule has 1 aromatic carbocycles. The van der Waals surface area contributed by atoms with E-state index < -0.39 is 0 Å². The number of rotatable bonds is 2. The van der Waals surface area contributed by atoms with Crippen LogP contribution in [-0.2, 0) is 0 Å². The fraction of sp³-hybridized carbons (Fsp3) is 0.625. The average Bonchev–Trinajstić information content (AvgIpc) is 2.90. The molecule has 1 aromatic rings. The predicted molar refractivity (Wildman–Crippen MR) is 75.9 cm³/mol. The van der Waals surface area contributed by atoms with Crippen molar-refractivity contribution in [1.82, 2.24) is 9.80 Å². The van der Waals surface area contributed by atoms with Crippen LogP contribution in [0.15, 0.2) is 18.2 Å². The van der Waals surface area contributed by atoms with E-state index in [1.807, 2.05) is 0 Å². The molecular formula is C16H24N2. The van der Waals surface area contributed by atoms with Crippen molar-refractivity contribution in [2.75, 3.05) is 20.1 Å². The third kappa shape index (κ3) is 1.79. The van der Waals surface area contributed by atoms with Crippen molar-refractivity contribution in [1.29, 1.82) is 0 Å². The Labute approximate surface area is 111 Å². The van der Waals surface area contributed by atoms with Crippen LogP contribution in [0.5, 0.6) is 0 Å². The van der Waals surface area contributed by atoms with Crippen LogP contribution in [0, 0.1) is 13.8 Å². The molecule has 98 valence electrons. The molecule has 3 atom stereocenters. The molecule has 0 amide bonds. The fourth-order valence-corrected chi connectivity index (χ4v) is 3.78. The van der Waals surface area contributed by atoms with Crippen LogP contribution in [-0.4, -0.2) is 42.0 Å². The first-order valence-electron chi connectivity index (χ1n) is 7.10. The van der Waals surface area contributed by atoms with Gasteiger partial charge < -0.3 is 4.90 Å². The van der Waals surface area contributed by atoms with Crippen molar-refractivity contribution in [2.24, 2.45) is 0 Å². The zero-order chi connectivity index (χ0) is 12.9. The summed E-state index contributed by atoms with van der Waals surface area (Å²) < 4.78 is 0. The molecule has 2 aliphatic rings. The van der Waals surface area contributed by atoms with Gasteiger partial charge in [0.1, 0.15) is 0 Å². The van der Waals surface area contributed by atoms with E-state index in [1.54, 1.807) is 0 Å². The summed E-state index contributed by atoms with van der Waals surface area (Å²) in [6.45, 7) is 9.36. The van der Waals surface area contributed by atoms with E-state index in [4.69, 9.17) is 0 Å². The highest BCUT2D eigenvalue weighted by atomic mass is 15.3. The Morgan fingerprint density at radius 1 is 1.17 bits per heavy atom. The van der Waals surface area contributed by atoms with Gasteiger partial charge in [0.2, 0.25) is 0 Å². The Kier molecular flexibility index (Phi) is 2.95. The molecule has 0 radical (unpaired) electrons. The van der Waals surface area contributed by atoms with Crippen LogP contribution in [0.1, 0.15) is 36.1 Å². The molecule has 18 heavy (non-hydrogen) atoms. The number of aryl methyl sites for hydroxylation is 1. The summed E-state index contributed by atoms with van der Waals surface area (Å²) in [5.74, 6) is 0. The maximum Gasteiger partial charge on any atom is 0.0326 e. The quantitative estimate of drug-likeness (QED) is 0.789. The first kappa shape index (κ1) is 12.2. The Bertz CT molecular complexity index is 452. The van der Waals surface area contributed by atoms with Gasteiger partial charge in [0, 0.05) is 31.2 Å². The number of hydrogen-bond acceptors (Lipinski definition) is 2. The van der Waals surface area contributed by atoms with E-state index in [-0.39, 0.29) is 0 Å². The molecule has 0 aromatic heterocycles. The second kappa shape index (κ2) is 4.36. The number of nitrogens with zero attached hydrogens (tertiary/aromatic N) is 2. The molecule has 2 fully saturated rings. The minimum absolute atomic E-state index is 0.564. The molecule has 2 heterocycles. The first-order chi connectivity index (χ1) is 8.58. The SMILES string of the molecule is Cc1cccc([C@H](C)N2CC3CC2CN3C)c1C. The highest BCUT2D eigenvalue weighted by Crippen LogP contribution is 2.36. The summed E-state index contributed by atoms with van der Waals surface area (Å²) in [6, 6.07) is 8.86. The zero-order valence-electron chi connectivity index (χ0n) is 12.0. The van der Waals surface area contributed by atoms with Crippen LogP contribution in [0.2, 0.25) is 0 Å². The van der Waals surface area contributed by atoms with Gasteiger partial charge in [-0.25, -0.2) is 0 Å². The molecule has 2 bridgehead atoms. The van der Waals surface area contributed by atoms with E-state index in [1.165, 1.54) is 36.2 Å². The van der Waals surface area contributed by atoms with Gasteiger partial charge in [0.25, 0.3) is 0 Å². The van der Waals surface area contributed by atoms with E-state index in [0.29, 0.717) is 6.04 Å². The van der Waals surface area contributed by atoms with Crippen LogP contribution in [0.3, 0.4) is 0 Å². The second-order valence-corrected chi connectivity index (χ2v) is 6.14. The molecule has 0 spiro atoms. The van der Waals surface area contributed by atoms with Crippen molar-refractivity contribution in [3.63, 3.8) is 0 Å². The summed E-state index contributed by atoms with van der Waals surface area (Å²) in [7, 11) is 2.27. The average molecular weight is 244 g/mol. The smallest absolute Gasteiger partial charge is 0.0326 e. The van der Waals surface area contributed by atoms with Crippen LogP contribution in [0.4, 0.5) is 0 Å². The lowest BCUT2D eigenvalue weighted by atomic mass is 9.97. The number of likely N-dealkylation sites (tertiary alicyclic amines) is 2. The van der Waals surface area contributed by atoms with Gasteiger partial charge in [0.05, 0.1) is 0 Å². The number of fused-ring (bicyclic) bond motifs is 2. The van der Waals surface area contributed by atoms with Gasteiger partial charge in [-0.2, -0.15) is 0 Å². The van der Waals surface area contributed by atoms with E-state index in [0.717, 1.165) is 12.1 Å². The van der Waals surface area contributed by atoms with Gasteiger partial charge in [-0.1, -0.05) is 18.2 Å². The Balaban J connectivity index is 1.84. The van der Waals surface area contributed by atoms with E-state index in [9.17, 15) is 0 Å². The van der Waals surface area contributed by atoms with E-state index in [2.05, 4.69) is 55.8 Å². The Morgan fingerprint density at radius 2 is 1.94 bits per heavy atom. The number of hydrogen-bond donors (Lipinski definition) is 0. The number of likely N-dealkylation sites (N-methyl/N-ethyl adjacent to an activating group) is 1. The highest BCUT2D eigenvalue weighted by Gasteiger charge is 2.43. The summed E-state index contributed by atoms with van der Waals surface area (Å²) in [5, 5.41) is 0. The summed E-state index contributed by atoms with van der Waals surface area (Å²) >= 11 is 0. The number of benzene rings is 1. The normalized spacial score (nSPS) is 30.0. The van der Waals surface area contributed by atoms with Gasteiger partial charge >= 0.3 is 0 Å². The van der Waals surface area contributed by atoms with Gasteiger partial charge in [-0.15, -0.1) is 0 Å². The zero-order valence-corrected chi connectivity index (χ0v) is 12.0. The molecule has 2 unspecified atom stereocenters. The molecule has 2 aliphatic heterocycles. The third-order valence-electron chi connectivity index (χ3n) is 5.15. The highest BCUT2D eigenvalue weighted by molar-refractivity contribution is 5.35. The van der Waals surface area contributed by atoms with Gasteiger partial charge in [-0.3, -0.25) is 4.90 Å². The minimum Gasteiger partial charge on any atom is -0.301 e. The molecule has 0 saturated carbocycles. The van der Waals surface area contributed by atoms with Gasteiger partial charge in [-0.05, 0) is 50.9 Å². The monoisotopic (exact) mass is 244 g/mol. The molecule has 2 saturated heterocycles. The van der Waals surface area contributed by atoms with Crippen molar-refractivity contribution in [3.8, 4) is 0 Å². The maximum atomic E-state index is 2.71. The minimum atomic E-state index is 0.564. The molecular weight excluding hydrogens is 220 g/mol. The Morgan fingerprint density at radius 3 is 2.56 bits per heavy atom. The largest absolute Gasteiger partial charge is 0.301 e. The summed E-state index contributed by atoms with van der Waals surface area (Å²) in [6.07, 6.45) is 1.37. The second-order valence-electron chi connectivity index (χ2n) is 6.14. The molecule has 0 N–H and O–H groups in total. The van der Waals surface area contributed by atoms with Crippen LogP contribution in [0.25, 0.3) is 0 Å². The molecule has 0 aliphatic carbocycles. The lowest BCUT2D eigenvalue weighted by Crippen LogP contribution is -2.45. The van der Waals surface area contributed by atoms with E-state index >= 15 is 0 Å². The van der Waals surface area contributed by atoms with Crippen molar-refractivity contribution >= 4 is 0 Å². The van der Waals surface area contributed by atoms with Gasteiger partial charge in [0.15, 0.2) is 0 Å². The summed E-state index contributed by atoms with van der Waals surface area (Å²) in [5.41, 5.74) is 4.41. The van der Waals surface area contributed by atoms with Crippen molar-refractivity contribution in [2.45, 2.75) is 45.3 Å². The summed E-state index contributed by atoms with van der Waals surface area (Å²) in [4.78, 5) is 5.24. The van der Waals surface area contributed by atoms with Crippen LogP contribution >= 0.6 is 0 Å². The molecule has 2 nitrogen and oxygen atoms in total. The first-order valence-corrected chi connectivity index (χ1v) is 7.10. The van der Waals surface area contributed by atoms with Crippen LogP contribution < -0.4 is 0 Å². The fourth-order valence-electron chi connectivity index (χ4n) is 3.78. The standard InChI is InChI=1S/C16H24N2/c1-11-6-5-7-16(12(11)2)13(3)18-10-14-8-15(18)9-17(14)4/h5-7,13-15H,8-10H2,1-4H3/t13-,14?,15?/m0/s1. The number of piperazine rings is 1. The lowest BCUT2D eigenvalue weighted by molar-refractivity contribution is 0.113. The Hall–Kier alpha value is -0.860. The van der Waals surface area contributed by atoms with Crippen molar-refractivity contribution in [3.05, 3.63) is 34.9 Å². The molecule has 2 heteroatoms.